The normalized spacial score (nSPS) is 30.3. The van der Waals surface area contributed by atoms with Crippen molar-refractivity contribution in [3.8, 4) is 0 Å². The van der Waals surface area contributed by atoms with Gasteiger partial charge in [0.15, 0.2) is 7.00 Å². The van der Waals surface area contributed by atoms with Crippen molar-refractivity contribution in [2.45, 2.75) is 50.0 Å². The molecule has 9 heteroatoms. The molecule has 20 heavy (non-hydrogen) atoms. The predicted molar refractivity (Wildman–Crippen MR) is 96.7 cm³/mol. The van der Waals surface area contributed by atoms with E-state index in [4.69, 9.17) is 26.8 Å². The zero-order valence-corrected chi connectivity index (χ0v) is 16.0. The third-order valence-electron chi connectivity index (χ3n) is 3.15. The SMILES string of the molecule is C[Si](C)(C)CCSC(=S)OC1[C@H](BP)O[C@H](CO)[C@@H]1O. The summed E-state index contributed by atoms with van der Waals surface area (Å²) in [5.41, 5.74) is 0. The number of thioether (sulfide) groups is 1. The molecule has 0 radical (unpaired) electrons. The van der Waals surface area contributed by atoms with Crippen LogP contribution in [-0.2, 0) is 9.47 Å². The van der Waals surface area contributed by atoms with E-state index in [9.17, 15) is 5.11 Å². The maximum atomic E-state index is 10.1. The predicted octanol–water partition coefficient (Wildman–Crippen LogP) is 1.03. The Balaban J connectivity index is 2.43. The van der Waals surface area contributed by atoms with Crippen LogP contribution in [0.15, 0.2) is 0 Å². The molecule has 0 aliphatic carbocycles. The Morgan fingerprint density at radius 2 is 2.15 bits per heavy atom. The van der Waals surface area contributed by atoms with Gasteiger partial charge < -0.3 is 19.7 Å². The summed E-state index contributed by atoms with van der Waals surface area (Å²) >= 11 is 6.75. The number of rotatable bonds is 6. The first-order valence-corrected chi connectivity index (χ1v) is 12.7. The highest BCUT2D eigenvalue weighted by Crippen LogP contribution is 2.26. The molecule has 5 atom stereocenters. The minimum Gasteiger partial charge on any atom is -0.470 e. The molecule has 2 unspecified atom stereocenters. The molecule has 1 fully saturated rings. The molecule has 1 heterocycles. The lowest BCUT2D eigenvalue weighted by molar-refractivity contribution is -0.00768. The van der Waals surface area contributed by atoms with E-state index in [1.807, 2.05) is 0 Å². The van der Waals surface area contributed by atoms with Crippen LogP contribution in [-0.4, -0.2) is 66.3 Å². The lowest BCUT2D eigenvalue weighted by Crippen LogP contribution is -2.38. The van der Waals surface area contributed by atoms with Crippen LogP contribution in [0, 0.1) is 0 Å². The topological polar surface area (TPSA) is 58.9 Å². The monoisotopic (exact) mass is 354 g/mol. The fraction of sp³-hybridized carbons (Fsp3) is 0.909. The third-order valence-corrected chi connectivity index (χ3v) is 6.92. The van der Waals surface area contributed by atoms with Crippen LogP contribution in [0.5, 0.6) is 0 Å². The Morgan fingerprint density at radius 3 is 2.65 bits per heavy atom. The highest BCUT2D eigenvalue weighted by molar-refractivity contribution is 8.22. The molecule has 0 saturated carbocycles. The smallest absolute Gasteiger partial charge is 0.220 e. The van der Waals surface area contributed by atoms with Gasteiger partial charge in [0.05, 0.1) is 12.6 Å². The standard InChI is InChI=1S/C11H24BO4PS2Si/c1-20(2,3)5-4-19-11(18)16-9-8(14)7(6-13)15-10(9)12-17/h7-10,12-14H,4-6,17H2,1-3H3/t7-,8+,9?,10-/m1/s1. The lowest BCUT2D eigenvalue weighted by Gasteiger charge is -2.21. The molecular weight excluding hydrogens is 330 g/mol. The lowest BCUT2D eigenvalue weighted by atomic mass is 9.91. The minimum absolute atomic E-state index is 0.211. The average Bonchev–Trinajstić information content (AvgIpc) is 2.64. The molecule has 4 nitrogen and oxygen atoms in total. The van der Waals surface area contributed by atoms with Crippen molar-refractivity contribution in [1.29, 1.82) is 0 Å². The Labute approximate surface area is 134 Å². The first-order chi connectivity index (χ1) is 9.28. The van der Waals surface area contributed by atoms with Crippen molar-refractivity contribution in [3.05, 3.63) is 0 Å². The Morgan fingerprint density at radius 1 is 1.50 bits per heavy atom. The van der Waals surface area contributed by atoms with E-state index in [1.165, 1.54) is 17.8 Å². The minimum atomic E-state index is -1.07. The van der Waals surface area contributed by atoms with Crippen LogP contribution in [0.25, 0.3) is 0 Å². The van der Waals surface area contributed by atoms with Crippen LogP contribution in [0.2, 0.25) is 25.7 Å². The number of aliphatic hydroxyl groups is 2. The first-order valence-electron chi connectivity index (χ1n) is 6.76. The summed E-state index contributed by atoms with van der Waals surface area (Å²) in [6.07, 6.45) is -1.90. The van der Waals surface area contributed by atoms with Gasteiger partial charge in [-0.25, -0.2) is 0 Å². The molecular formula is C11H24BO4PS2Si. The van der Waals surface area contributed by atoms with Crippen LogP contribution < -0.4 is 0 Å². The number of aliphatic hydroxyl groups excluding tert-OH is 2. The van der Waals surface area contributed by atoms with Gasteiger partial charge in [-0.1, -0.05) is 31.4 Å². The molecule has 0 aromatic rings. The van der Waals surface area contributed by atoms with Gasteiger partial charge in [0, 0.05) is 8.07 Å². The molecule has 2 N–H and O–H groups in total. The molecule has 0 aromatic carbocycles. The van der Waals surface area contributed by atoms with E-state index in [1.54, 1.807) is 0 Å². The number of thiocarbonyl (C=S) groups is 1. The molecule has 0 aromatic heterocycles. The second-order valence-corrected chi connectivity index (χ2v) is 13.9. The Bertz CT molecular complexity index is 330. The largest absolute Gasteiger partial charge is 0.470 e. The zero-order valence-electron chi connectivity index (χ0n) is 12.2. The summed E-state index contributed by atoms with van der Waals surface area (Å²) in [5.74, 6) is 0.952. The third kappa shape index (κ3) is 5.91. The van der Waals surface area contributed by atoms with E-state index >= 15 is 0 Å². The van der Waals surface area contributed by atoms with Crippen LogP contribution in [0.1, 0.15) is 0 Å². The van der Waals surface area contributed by atoms with Gasteiger partial charge in [-0.2, -0.15) is 9.12 Å². The van der Waals surface area contributed by atoms with Crippen LogP contribution >= 0.6 is 33.1 Å². The van der Waals surface area contributed by atoms with Gasteiger partial charge in [0.25, 0.3) is 0 Å². The van der Waals surface area contributed by atoms with Gasteiger partial charge in [-0.3, -0.25) is 0 Å². The Hall–Kier alpha value is 0.832. The highest BCUT2D eigenvalue weighted by Gasteiger charge is 2.44. The molecule has 1 aliphatic heterocycles. The van der Waals surface area contributed by atoms with E-state index in [2.05, 4.69) is 28.8 Å². The maximum absolute atomic E-state index is 10.1. The Kier molecular flexibility index (Phi) is 7.99. The maximum Gasteiger partial charge on any atom is 0.220 e. The van der Waals surface area contributed by atoms with Crippen molar-refractivity contribution < 1.29 is 19.7 Å². The van der Waals surface area contributed by atoms with Crippen molar-refractivity contribution in [3.63, 3.8) is 0 Å². The van der Waals surface area contributed by atoms with Crippen molar-refractivity contribution >= 4 is 52.6 Å². The van der Waals surface area contributed by atoms with Gasteiger partial charge in [-0.05, 0) is 24.0 Å². The van der Waals surface area contributed by atoms with Crippen molar-refractivity contribution in [1.82, 2.24) is 0 Å². The summed E-state index contributed by atoms with van der Waals surface area (Å²) in [6.45, 7) is 7.39. The highest BCUT2D eigenvalue weighted by atomic mass is 32.2. The fourth-order valence-corrected chi connectivity index (χ4v) is 5.83. The molecule has 1 rings (SSSR count). The molecule has 0 bridgehead atoms. The number of hydrogen-bond acceptors (Lipinski definition) is 6. The van der Waals surface area contributed by atoms with Crippen molar-refractivity contribution in [2.75, 3.05) is 12.4 Å². The zero-order chi connectivity index (χ0) is 15.3. The van der Waals surface area contributed by atoms with E-state index in [-0.39, 0.29) is 12.6 Å². The second-order valence-electron chi connectivity index (χ2n) is 6.11. The number of ether oxygens (including phenoxy) is 2. The molecule has 1 aliphatic rings. The van der Waals surface area contributed by atoms with Crippen LogP contribution in [0.4, 0.5) is 0 Å². The van der Waals surface area contributed by atoms with E-state index in [0.29, 0.717) is 11.4 Å². The molecule has 0 spiro atoms. The summed E-state index contributed by atoms with van der Waals surface area (Å²) in [4.78, 5) is 0. The first kappa shape index (κ1) is 18.9. The van der Waals surface area contributed by atoms with E-state index in [0.717, 1.165) is 5.75 Å². The van der Waals surface area contributed by atoms with Crippen molar-refractivity contribution in [2.24, 2.45) is 0 Å². The van der Waals surface area contributed by atoms with Crippen LogP contribution in [0.3, 0.4) is 0 Å². The average molecular weight is 354 g/mol. The summed E-state index contributed by atoms with van der Waals surface area (Å²) in [6, 6.07) is 0.930. The summed E-state index contributed by atoms with van der Waals surface area (Å²) in [5, 5.41) is 19.2. The summed E-state index contributed by atoms with van der Waals surface area (Å²) in [7, 11) is 1.51. The fourth-order valence-electron chi connectivity index (χ4n) is 1.89. The van der Waals surface area contributed by atoms with Gasteiger partial charge >= 0.3 is 0 Å². The molecule has 116 valence electrons. The molecule has 1 saturated heterocycles. The summed E-state index contributed by atoms with van der Waals surface area (Å²) < 4.78 is 11.7. The van der Waals surface area contributed by atoms with E-state index < -0.39 is 26.4 Å². The van der Waals surface area contributed by atoms with Gasteiger partial charge in [0.2, 0.25) is 4.38 Å². The quantitative estimate of drug-likeness (QED) is 0.422. The molecule has 0 amide bonds. The van der Waals surface area contributed by atoms with Gasteiger partial charge in [0.1, 0.15) is 18.3 Å². The van der Waals surface area contributed by atoms with Gasteiger partial charge in [-0.15, -0.1) is 0 Å². The number of hydrogen-bond donors (Lipinski definition) is 2. The second kappa shape index (κ2) is 8.46.